The van der Waals surface area contributed by atoms with Crippen molar-refractivity contribution >= 4 is 19.8 Å². The number of phosphoric acid groups is 1. The Balaban J connectivity index is 3.90. The quantitative estimate of drug-likeness (QED) is 0.0392. The van der Waals surface area contributed by atoms with Crippen molar-refractivity contribution in [1.29, 1.82) is 0 Å². The lowest BCUT2D eigenvalue weighted by Gasteiger charge is -2.18. The molecule has 0 aliphatic carbocycles. The average molecular weight is 677 g/mol. The van der Waals surface area contributed by atoms with Crippen molar-refractivity contribution in [3.05, 3.63) is 0 Å². The van der Waals surface area contributed by atoms with Crippen LogP contribution in [0.4, 0.5) is 0 Å². The predicted octanol–water partition coefficient (Wildman–Crippen LogP) is 11.0. The molecule has 8 nitrogen and oxygen atoms in total. The van der Waals surface area contributed by atoms with Gasteiger partial charge in [0.15, 0.2) is 6.10 Å². The molecule has 0 fully saturated rings. The van der Waals surface area contributed by atoms with E-state index in [1.54, 1.807) is 0 Å². The second-order valence-electron chi connectivity index (χ2n) is 14.0. The normalized spacial score (nSPS) is 13.2. The highest BCUT2D eigenvalue weighted by atomic mass is 31.2. The first-order chi connectivity index (χ1) is 22.0. The summed E-state index contributed by atoms with van der Waals surface area (Å²) >= 11 is 0. The van der Waals surface area contributed by atoms with E-state index in [-0.39, 0.29) is 19.4 Å². The summed E-state index contributed by atoms with van der Waals surface area (Å²) in [5, 5.41) is 0. The molecule has 0 rings (SSSR count). The molecule has 2 atom stereocenters. The zero-order valence-electron chi connectivity index (χ0n) is 30.3. The third kappa shape index (κ3) is 34.4. The Morgan fingerprint density at radius 2 is 0.957 bits per heavy atom. The van der Waals surface area contributed by atoms with Crippen molar-refractivity contribution < 1.29 is 37.9 Å². The van der Waals surface area contributed by atoms with Crippen molar-refractivity contribution in [3.8, 4) is 0 Å². The van der Waals surface area contributed by atoms with E-state index >= 15 is 0 Å². The maximum absolute atomic E-state index is 12.4. The number of phosphoric ester groups is 1. The number of carbonyl (C=O) groups excluding carboxylic acids is 2. The average Bonchev–Trinajstić information content (AvgIpc) is 3.00. The molecule has 9 heteroatoms. The van der Waals surface area contributed by atoms with Crippen LogP contribution in [0.1, 0.15) is 195 Å². The van der Waals surface area contributed by atoms with E-state index in [1.165, 1.54) is 116 Å². The molecule has 0 radical (unpaired) electrons. The lowest BCUT2D eigenvalue weighted by Crippen LogP contribution is -2.29. The number of rotatable bonds is 34. The lowest BCUT2D eigenvalue weighted by atomic mass is 10.00. The summed E-state index contributed by atoms with van der Waals surface area (Å²) in [5.41, 5.74) is 0. The Morgan fingerprint density at radius 1 is 0.565 bits per heavy atom. The third-order valence-corrected chi connectivity index (χ3v) is 9.33. The third-order valence-electron chi connectivity index (χ3n) is 8.84. The van der Waals surface area contributed by atoms with E-state index in [9.17, 15) is 14.2 Å². The molecule has 0 spiro atoms. The van der Waals surface area contributed by atoms with Gasteiger partial charge < -0.3 is 19.3 Å². The van der Waals surface area contributed by atoms with Crippen LogP contribution in [-0.4, -0.2) is 41.0 Å². The second-order valence-corrected chi connectivity index (χ2v) is 15.2. The van der Waals surface area contributed by atoms with Crippen LogP contribution in [0.5, 0.6) is 0 Å². The van der Waals surface area contributed by atoms with Crippen molar-refractivity contribution in [2.45, 2.75) is 201 Å². The van der Waals surface area contributed by atoms with Crippen molar-refractivity contribution in [2.24, 2.45) is 11.8 Å². The maximum Gasteiger partial charge on any atom is 0.469 e. The fraction of sp³-hybridized carbons (Fsp3) is 0.946. The topological polar surface area (TPSA) is 119 Å². The first-order valence-electron chi connectivity index (χ1n) is 19.1. The number of ether oxygens (including phenoxy) is 2. The van der Waals surface area contributed by atoms with E-state index < -0.39 is 32.5 Å². The van der Waals surface area contributed by atoms with Gasteiger partial charge in [0, 0.05) is 12.8 Å². The zero-order valence-corrected chi connectivity index (χ0v) is 31.2. The largest absolute Gasteiger partial charge is 0.469 e. The number of carbonyl (C=O) groups is 2. The zero-order chi connectivity index (χ0) is 34.3. The van der Waals surface area contributed by atoms with E-state index in [2.05, 4.69) is 32.2 Å². The summed E-state index contributed by atoms with van der Waals surface area (Å²) < 4.78 is 26.3. The Morgan fingerprint density at radius 3 is 1.37 bits per heavy atom. The monoisotopic (exact) mass is 677 g/mol. The molecule has 0 aromatic carbocycles. The summed E-state index contributed by atoms with van der Waals surface area (Å²) in [6, 6.07) is 0. The van der Waals surface area contributed by atoms with Gasteiger partial charge in [0.1, 0.15) is 6.61 Å². The summed E-state index contributed by atoms with van der Waals surface area (Å²) in [6.45, 7) is 8.32. The fourth-order valence-corrected chi connectivity index (χ4v) is 5.95. The summed E-state index contributed by atoms with van der Waals surface area (Å²) in [7, 11) is -4.74. The van der Waals surface area contributed by atoms with Gasteiger partial charge in [0.25, 0.3) is 0 Å². The molecule has 1 unspecified atom stereocenters. The Bertz CT molecular complexity index is 754. The minimum absolute atomic E-state index is 0.218. The molecule has 0 aliphatic rings. The number of hydrogen-bond donors (Lipinski definition) is 2. The maximum atomic E-state index is 12.4. The van der Waals surface area contributed by atoms with Gasteiger partial charge in [-0.15, -0.1) is 0 Å². The van der Waals surface area contributed by atoms with Gasteiger partial charge in [-0.1, -0.05) is 169 Å². The fourth-order valence-electron chi connectivity index (χ4n) is 5.59. The predicted molar refractivity (Wildman–Crippen MR) is 189 cm³/mol. The van der Waals surface area contributed by atoms with Crippen molar-refractivity contribution in [2.75, 3.05) is 13.2 Å². The second kappa shape index (κ2) is 31.3. The van der Waals surface area contributed by atoms with E-state index in [0.717, 1.165) is 43.9 Å². The van der Waals surface area contributed by atoms with Gasteiger partial charge in [-0.25, -0.2) is 4.57 Å². The first-order valence-corrected chi connectivity index (χ1v) is 20.6. The Labute approximate surface area is 283 Å². The van der Waals surface area contributed by atoms with Crippen LogP contribution in [-0.2, 0) is 28.2 Å². The summed E-state index contributed by atoms with van der Waals surface area (Å²) in [6.07, 6.45) is 28.4. The van der Waals surface area contributed by atoms with Gasteiger partial charge in [-0.3, -0.25) is 14.1 Å². The summed E-state index contributed by atoms with van der Waals surface area (Å²) in [4.78, 5) is 42.6. The smallest absolute Gasteiger partial charge is 0.462 e. The van der Waals surface area contributed by atoms with Crippen molar-refractivity contribution in [1.82, 2.24) is 0 Å². The van der Waals surface area contributed by atoms with E-state index in [1.807, 2.05) is 0 Å². The SMILES string of the molecule is CCC(C)CCCCCCCCC(=O)OC[C@H](COP(=O)(O)O)OC(=O)CCCCCCCCCCCCCCCCCC(C)C. The molecular formula is C37H73O8P. The molecule has 46 heavy (non-hydrogen) atoms. The molecule has 0 bridgehead atoms. The molecule has 0 aliphatic heterocycles. The minimum Gasteiger partial charge on any atom is -0.462 e. The molecule has 274 valence electrons. The van der Waals surface area contributed by atoms with Crippen LogP contribution in [0.2, 0.25) is 0 Å². The number of hydrogen-bond acceptors (Lipinski definition) is 6. The van der Waals surface area contributed by atoms with Crippen LogP contribution < -0.4 is 0 Å². The lowest BCUT2D eigenvalue weighted by molar-refractivity contribution is -0.161. The molecule has 2 N–H and O–H groups in total. The Hall–Kier alpha value is -0.950. The number of unbranched alkanes of at least 4 members (excludes halogenated alkanes) is 19. The van der Waals surface area contributed by atoms with Gasteiger partial charge >= 0.3 is 19.8 Å². The molecule has 0 heterocycles. The molecular weight excluding hydrogens is 603 g/mol. The number of esters is 2. The molecule has 0 amide bonds. The van der Waals surface area contributed by atoms with Gasteiger partial charge in [-0.2, -0.15) is 0 Å². The molecule has 0 saturated heterocycles. The van der Waals surface area contributed by atoms with Crippen LogP contribution in [0.15, 0.2) is 0 Å². The van der Waals surface area contributed by atoms with Crippen molar-refractivity contribution in [3.63, 3.8) is 0 Å². The van der Waals surface area contributed by atoms with Gasteiger partial charge in [0.2, 0.25) is 0 Å². The van der Waals surface area contributed by atoms with Crippen LogP contribution in [0, 0.1) is 11.8 Å². The molecule has 0 saturated carbocycles. The van der Waals surface area contributed by atoms with Crippen LogP contribution >= 0.6 is 7.82 Å². The van der Waals surface area contributed by atoms with Crippen LogP contribution in [0.25, 0.3) is 0 Å². The highest BCUT2D eigenvalue weighted by Gasteiger charge is 2.22. The highest BCUT2D eigenvalue weighted by Crippen LogP contribution is 2.36. The summed E-state index contributed by atoms with van der Waals surface area (Å²) in [5.74, 6) is 0.748. The molecule has 0 aromatic heterocycles. The van der Waals surface area contributed by atoms with E-state index in [4.69, 9.17) is 19.3 Å². The minimum atomic E-state index is -4.74. The Kier molecular flexibility index (Phi) is 30.7. The highest BCUT2D eigenvalue weighted by molar-refractivity contribution is 7.46. The standard InChI is InChI=1S/C37H73O8P/c1-5-34(4)28-24-20-17-18-21-25-29-36(38)43-31-35(32-44-46(40,41)42)45-37(39)30-26-22-16-14-12-10-8-6-7-9-11-13-15-19-23-27-33(2)3/h33-35H,5-32H2,1-4H3,(H2,40,41,42)/t34?,35-/m1/s1. The molecule has 0 aromatic rings. The van der Waals surface area contributed by atoms with Gasteiger partial charge in [-0.05, 0) is 24.7 Å². The van der Waals surface area contributed by atoms with Crippen LogP contribution in [0.3, 0.4) is 0 Å². The van der Waals surface area contributed by atoms with Gasteiger partial charge in [0.05, 0.1) is 6.61 Å². The first kappa shape index (κ1) is 45.0. The van der Waals surface area contributed by atoms with E-state index in [0.29, 0.717) is 6.42 Å².